The van der Waals surface area contributed by atoms with Gasteiger partial charge in [0.1, 0.15) is 11.2 Å². The molecule has 0 amide bonds. The number of hydrogen-bond acceptors (Lipinski definition) is 4. The van der Waals surface area contributed by atoms with E-state index in [9.17, 15) is 0 Å². The summed E-state index contributed by atoms with van der Waals surface area (Å²) in [6, 6.07) is 62.0. The third kappa shape index (κ3) is 5.06. The Labute approximate surface area is 319 Å². The molecule has 0 bridgehead atoms. The van der Waals surface area contributed by atoms with Crippen molar-refractivity contribution in [2.45, 2.75) is 19.3 Å². The third-order valence-electron chi connectivity index (χ3n) is 11.4. The van der Waals surface area contributed by atoms with E-state index in [2.05, 4.69) is 146 Å². The fraction of sp³-hybridized carbons (Fsp3) is 0.0588. The lowest BCUT2D eigenvalue weighted by atomic mass is 9.82. The van der Waals surface area contributed by atoms with Crippen LogP contribution in [0.15, 0.2) is 180 Å². The fourth-order valence-electron chi connectivity index (χ4n) is 8.50. The van der Waals surface area contributed by atoms with E-state index in [4.69, 9.17) is 13.9 Å². The van der Waals surface area contributed by atoms with Crippen LogP contribution in [0.1, 0.15) is 25.0 Å². The summed E-state index contributed by atoms with van der Waals surface area (Å²) in [5.41, 5.74) is 14.7. The average Bonchev–Trinajstić information content (AvgIpc) is 3.71. The van der Waals surface area contributed by atoms with Gasteiger partial charge in [-0.25, -0.2) is 0 Å². The van der Waals surface area contributed by atoms with Gasteiger partial charge in [0, 0.05) is 39.3 Å². The molecule has 0 radical (unpaired) electrons. The lowest BCUT2D eigenvalue weighted by Crippen LogP contribution is -2.16. The molecule has 4 nitrogen and oxygen atoms in total. The summed E-state index contributed by atoms with van der Waals surface area (Å²) < 4.78 is 18.6. The molecule has 0 saturated heterocycles. The van der Waals surface area contributed by atoms with Crippen molar-refractivity contribution >= 4 is 39.0 Å². The van der Waals surface area contributed by atoms with Crippen LogP contribution in [0.4, 0.5) is 17.1 Å². The third-order valence-corrected chi connectivity index (χ3v) is 11.4. The van der Waals surface area contributed by atoms with Crippen molar-refractivity contribution < 1.29 is 13.9 Å². The number of nitrogens with zero attached hydrogens (tertiary/aromatic N) is 1. The molecule has 2 aliphatic rings. The maximum Gasteiger partial charge on any atom is 0.170 e. The minimum Gasteiger partial charge on any atom is -0.456 e. The Morgan fingerprint density at radius 2 is 0.927 bits per heavy atom. The Morgan fingerprint density at radius 3 is 1.73 bits per heavy atom. The van der Waals surface area contributed by atoms with E-state index < -0.39 is 0 Å². The zero-order valence-electron chi connectivity index (χ0n) is 30.4. The number of hydrogen-bond donors (Lipinski definition) is 0. The molecule has 55 heavy (non-hydrogen) atoms. The van der Waals surface area contributed by atoms with Gasteiger partial charge in [0.25, 0.3) is 0 Å². The maximum atomic E-state index is 6.38. The van der Waals surface area contributed by atoms with E-state index in [1.807, 2.05) is 48.5 Å². The van der Waals surface area contributed by atoms with E-state index in [0.29, 0.717) is 0 Å². The van der Waals surface area contributed by atoms with Gasteiger partial charge in [0.2, 0.25) is 0 Å². The largest absolute Gasteiger partial charge is 0.456 e. The van der Waals surface area contributed by atoms with Gasteiger partial charge in [-0.2, -0.15) is 0 Å². The molecular formula is C51H35NO3. The highest BCUT2D eigenvalue weighted by atomic mass is 16.6. The summed E-state index contributed by atoms with van der Waals surface area (Å²) in [6.07, 6.45) is 0. The molecular weight excluding hydrogens is 675 g/mol. The molecule has 1 aliphatic heterocycles. The zero-order chi connectivity index (χ0) is 36.7. The Hall–Kier alpha value is -7.04. The van der Waals surface area contributed by atoms with Crippen LogP contribution in [-0.2, 0) is 5.41 Å². The standard InChI is InChI=1S/C51H35NO3/c1-51(2)43-11-5-3-9-39(43)40-26-24-37(30-44(40)51)52(38-25-27-42-41-10-4-6-12-45(41)53-49(42)31-38)36-22-19-33(20-23-36)32-15-17-34(18-16-32)35-21-28-48-50(29-35)55-47-14-8-7-13-46(47)54-48/h3-31H,1-2H3. The van der Waals surface area contributed by atoms with Gasteiger partial charge in [0.05, 0.1) is 0 Å². The summed E-state index contributed by atoms with van der Waals surface area (Å²) >= 11 is 0. The second kappa shape index (κ2) is 12.0. The van der Waals surface area contributed by atoms with E-state index in [1.165, 1.54) is 22.3 Å². The zero-order valence-corrected chi connectivity index (χ0v) is 30.4. The first kappa shape index (κ1) is 31.5. The Kier molecular flexibility index (Phi) is 6.86. The maximum absolute atomic E-state index is 6.38. The van der Waals surface area contributed by atoms with E-state index in [1.54, 1.807) is 0 Å². The van der Waals surface area contributed by atoms with Gasteiger partial charge >= 0.3 is 0 Å². The molecule has 11 rings (SSSR count). The first-order valence-corrected chi connectivity index (χ1v) is 18.7. The predicted octanol–water partition coefficient (Wildman–Crippen LogP) is 14.6. The van der Waals surface area contributed by atoms with Gasteiger partial charge in [-0.05, 0) is 111 Å². The van der Waals surface area contributed by atoms with Gasteiger partial charge < -0.3 is 18.8 Å². The summed E-state index contributed by atoms with van der Waals surface area (Å²) in [7, 11) is 0. The van der Waals surface area contributed by atoms with Crippen LogP contribution >= 0.6 is 0 Å². The highest BCUT2D eigenvalue weighted by Crippen LogP contribution is 2.51. The van der Waals surface area contributed by atoms with Gasteiger partial charge in [0.15, 0.2) is 23.0 Å². The summed E-state index contributed by atoms with van der Waals surface area (Å²) in [5, 5.41) is 2.24. The minimum absolute atomic E-state index is 0.113. The number of benzene rings is 8. The molecule has 0 unspecified atom stereocenters. The lowest BCUT2D eigenvalue weighted by Gasteiger charge is -2.28. The topological polar surface area (TPSA) is 34.8 Å². The molecule has 1 aliphatic carbocycles. The van der Waals surface area contributed by atoms with E-state index in [-0.39, 0.29) is 5.41 Å². The van der Waals surface area contributed by atoms with E-state index in [0.717, 1.165) is 84.3 Å². The quantitative estimate of drug-likeness (QED) is 0.178. The lowest BCUT2D eigenvalue weighted by molar-refractivity contribution is 0.360. The second-order valence-corrected chi connectivity index (χ2v) is 15.0. The van der Waals surface area contributed by atoms with Crippen molar-refractivity contribution in [3.63, 3.8) is 0 Å². The molecule has 262 valence electrons. The van der Waals surface area contributed by atoms with Crippen LogP contribution < -0.4 is 14.4 Å². The van der Waals surface area contributed by atoms with Crippen molar-refractivity contribution in [2.24, 2.45) is 0 Å². The highest BCUT2D eigenvalue weighted by molar-refractivity contribution is 6.06. The molecule has 0 saturated carbocycles. The minimum atomic E-state index is -0.113. The molecule has 1 aromatic heterocycles. The molecule has 0 spiro atoms. The van der Waals surface area contributed by atoms with Gasteiger partial charge in [-0.15, -0.1) is 0 Å². The van der Waals surface area contributed by atoms with Gasteiger partial charge in [-0.3, -0.25) is 0 Å². The molecule has 9 aromatic rings. The number of ether oxygens (including phenoxy) is 2. The first-order chi connectivity index (χ1) is 27.0. The molecule has 4 heteroatoms. The number of furan rings is 1. The van der Waals surface area contributed by atoms with Crippen molar-refractivity contribution in [2.75, 3.05) is 4.90 Å². The number of rotatable bonds is 5. The first-order valence-electron chi connectivity index (χ1n) is 18.7. The SMILES string of the molecule is CC1(C)c2ccccc2-c2ccc(N(c3ccc(-c4ccc(-c5ccc6c(c5)Oc5ccccc5O6)cc4)cc3)c3ccc4c(c3)oc3ccccc34)cc21. The summed E-state index contributed by atoms with van der Waals surface area (Å²) in [5.74, 6) is 2.90. The van der Waals surface area contributed by atoms with Crippen molar-refractivity contribution in [3.05, 3.63) is 187 Å². The number of anilines is 3. The summed E-state index contributed by atoms with van der Waals surface area (Å²) in [6.45, 7) is 4.67. The van der Waals surface area contributed by atoms with Crippen molar-refractivity contribution in [1.82, 2.24) is 0 Å². The molecule has 0 fully saturated rings. The van der Waals surface area contributed by atoms with Crippen LogP contribution in [0.2, 0.25) is 0 Å². The number of fused-ring (bicyclic) bond motifs is 8. The highest BCUT2D eigenvalue weighted by Gasteiger charge is 2.35. The Balaban J connectivity index is 0.946. The molecule has 0 atom stereocenters. The fourth-order valence-corrected chi connectivity index (χ4v) is 8.50. The number of para-hydroxylation sites is 3. The van der Waals surface area contributed by atoms with Crippen LogP contribution in [0.25, 0.3) is 55.3 Å². The Bertz CT molecular complexity index is 2960. The predicted molar refractivity (Wildman–Crippen MR) is 223 cm³/mol. The monoisotopic (exact) mass is 709 g/mol. The Morgan fingerprint density at radius 1 is 0.382 bits per heavy atom. The van der Waals surface area contributed by atoms with Gasteiger partial charge in [-0.1, -0.05) is 117 Å². The normalized spacial score (nSPS) is 13.3. The molecule has 2 heterocycles. The smallest absolute Gasteiger partial charge is 0.170 e. The van der Waals surface area contributed by atoms with Crippen LogP contribution in [0, 0.1) is 0 Å². The average molecular weight is 710 g/mol. The van der Waals surface area contributed by atoms with Crippen molar-refractivity contribution in [1.29, 1.82) is 0 Å². The van der Waals surface area contributed by atoms with Crippen LogP contribution in [-0.4, -0.2) is 0 Å². The second-order valence-electron chi connectivity index (χ2n) is 15.0. The van der Waals surface area contributed by atoms with Crippen LogP contribution in [0.5, 0.6) is 23.0 Å². The van der Waals surface area contributed by atoms with Crippen molar-refractivity contribution in [3.8, 4) is 56.4 Å². The molecule has 0 N–H and O–H groups in total. The van der Waals surface area contributed by atoms with E-state index >= 15 is 0 Å². The van der Waals surface area contributed by atoms with Crippen LogP contribution in [0.3, 0.4) is 0 Å². The molecule has 8 aromatic carbocycles. The summed E-state index contributed by atoms with van der Waals surface area (Å²) in [4.78, 5) is 2.35.